The van der Waals surface area contributed by atoms with Crippen LogP contribution in [0.25, 0.3) is 11.4 Å². The van der Waals surface area contributed by atoms with Gasteiger partial charge in [0.25, 0.3) is 0 Å². The molecule has 3 rings (SSSR count). The van der Waals surface area contributed by atoms with E-state index >= 15 is 0 Å². The second-order valence-corrected chi connectivity index (χ2v) is 17.5. The van der Waals surface area contributed by atoms with E-state index in [0.29, 0.717) is 28.8 Å². The number of hydrogen-bond donors (Lipinski definition) is 0. The van der Waals surface area contributed by atoms with Gasteiger partial charge in [-0.05, 0) is 48.9 Å². The molecule has 0 atom stereocenters. The molecular formula is C32H46N2O3SSi. The Hall–Kier alpha value is -2.51. The predicted molar refractivity (Wildman–Crippen MR) is 166 cm³/mol. The van der Waals surface area contributed by atoms with Crippen LogP contribution in [-0.2, 0) is 6.04 Å². The van der Waals surface area contributed by atoms with Crippen LogP contribution >= 0.6 is 11.3 Å². The third kappa shape index (κ3) is 11.2. The molecule has 0 bridgehead atoms. The van der Waals surface area contributed by atoms with Gasteiger partial charge in [-0.1, -0.05) is 90.8 Å². The molecule has 0 unspecified atom stereocenters. The van der Waals surface area contributed by atoms with E-state index < -0.39 is 8.07 Å². The third-order valence-electron chi connectivity index (χ3n) is 6.94. The Labute approximate surface area is 240 Å². The number of benzene rings is 1. The molecule has 0 aliphatic rings. The van der Waals surface area contributed by atoms with Gasteiger partial charge in [0, 0.05) is 10.4 Å². The first-order chi connectivity index (χ1) is 18.9. The lowest BCUT2D eigenvalue weighted by Gasteiger charge is -2.21. The fourth-order valence-electron chi connectivity index (χ4n) is 4.59. The summed E-state index contributed by atoms with van der Waals surface area (Å²) in [7, 11) is -1.28. The number of esters is 1. The summed E-state index contributed by atoms with van der Waals surface area (Å²) in [6.07, 6.45) is 16.2. The van der Waals surface area contributed by atoms with Crippen LogP contribution in [0.3, 0.4) is 0 Å². The van der Waals surface area contributed by atoms with E-state index in [-0.39, 0.29) is 5.97 Å². The Balaban J connectivity index is 1.42. The average Bonchev–Trinajstić information content (AvgIpc) is 3.40. The van der Waals surface area contributed by atoms with E-state index in [1.165, 1.54) is 68.7 Å². The van der Waals surface area contributed by atoms with Crippen molar-refractivity contribution in [1.29, 1.82) is 0 Å². The van der Waals surface area contributed by atoms with Crippen molar-refractivity contribution in [1.82, 2.24) is 9.97 Å². The van der Waals surface area contributed by atoms with Gasteiger partial charge in [0.2, 0.25) is 0 Å². The van der Waals surface area contributed by atoms with Crippen molar-refractivity contribution in [3.63, 3.8) is 0 Å². The molecule has 212 valence electrons. The van der Waals surface area contributed by atoms with Crippen LogP contribution in [0.1, 0.15) is 92.6 Å². The number of carbonyl (C=O) groups is 1. The first-order valence-electron chi connectivity index (χ1n) is 14.8. The SMILES string of the molecule is CCCCCCCCCCOc1cnc(-c2ccc(OC(=O)c3ccc(C[Si](C)(C)CCCC)s3)cc2)nc1. The summed E-state index contributed by atoms with van der Waals surface area (Å²) in [5.41, 5.74) is 0.863. The zero-order valence-electron chi connectivity index (χ0n) is 24.3. The minimum Gasteiger partial charge on any atom is -0.490 e. The average molecular weight is 567 g/mol. The van der Waals surface area contributed by atoms with E-state index in [9.17, 15) is 4.79 Å². The molecule has 0 amide bonds. The Kier molecular flexibility index (Phi) is 13.2. The van der Waals surface area contributed by atoms with Crippen LogP contribution in [0.15, 0.2) is 48.8 Å². The van der Waals surface area contributed by atoms with E-state index in [1.807, 2.05) is 18.2 Å². The number of ether oxygens (including phenoxy) is 2. The normalized spacial score (nSPS) is 11.5. The minimum atomic E-state index is -1.28. The van der Waals surface area contributed by atoms with Gasteiger partial charge in [-0.15, -0.1) is 11.3 Å². The van der Waals surface area contributed by atoms with Crippen LogP contribution in [-0.4, -0.2) is 30.6 Å². The first kappa shape index (κ1) is 31.0. The summed E-state index contributed by atoms with van der Waals surface area (Å²) in [4.78, 5) is 23.6. The highest BCUT2D eigenvalue weighted by atomic mass is 32.1. The molecular weight excluding hydrogens is 521 g/mol. The largest absolute Gasteiger partial charge is 0.490 e. The molecule has 0 aliphatic heterocycles. The summed E-state index contributed by atoms with van der Waals surface area (Å²) in [5.74, 6) is 1.52. The van der Waals surface area contributed by atoms with Crippen LogP contribution in [0.2, 0.25) is 19.1 Å². The second kappa shape index (κ2) is 16.6. The van der Waals surface area contributed by atoms with Gasteiger partial charge in [0.15, 0.2) is 11.6 Å². The van der Waals surface area contributed by atoms with Crippen molar-refractivity contribution in [2.24, 2.45) is 0 Å². The standard InChI is InChI=1S/C32H46N2O3SSi/c1-5-7-9-10-11-12-13-14-21-36-28-23-33-31(34-24-28)26-15-17-27(18-16-26)37-32(35)30-20-19-29(38-30)25-39(3,4)22-8-6-2/h15-20,23-24H,5-14,21-22,25H2,1-4H3. The number of rotatable bonds is 18. The van der Waals surface area contributed by atoms with Crippen molar-refractivity contribution in [2.75, 3.05) is 6.61 Å². The molecule has 0 N–H and O–H groups in total. The summed E-state index contributed by atoms with van der Waals surface area (Å²) in [6, 6.07) is 13.8. The number of unbranched alkanes of at least 4 members (excludes halogenated alkanes) is 8. The Morgan fingerprint density at radius 2 is 1.44 bits per heavy atom. The number of carbonyl (C=O) groups excluding carboxylic acids is 1. The lowest BCUT2D eigenvalue weighted by atomic mass is 10.1. The predicted octanol–water partition coefficient (Wildman–Crippen LogP) is 9.53. The highest BCUT2D eigenvalue weighted by Gasteiger charge is 2.22. The lowest BCUT2D eigenvalue weighted by molar-refractivity contribution is 0.0740. The quantitative estimate of drug-likeness (QED) is 0.0664. The molecule has 0 saturated carbocycles. The zero-order valence-corrected chi connectivity index (χ0v) is 26.2. The Morgan fingerprint density at radius 1 is 0.795 bits per heavy atom. The molecule has 1 aromatic carbocycles. The van der Waals surface area contributed by atoms with Crippen LogP contribution in [0, 0.1) is 0 Å². The maximum Gasteiger partial charge on any atom is 0.353 e. The fraction of sp³-hybridized carbons (Fsp3) is 0.531. The minimum absolute atomic E-state index is 0.304. The summed E-state index contributed by atoms with van der Waals surface area (Å²) in [5, 5.41) is 0. The first-order valence-corrected chi connectivity index (χ1v) is 19.0. The van der Waals surface area contributed by atoms with Crippen molar-refractivity contribution in [2.45, 2.75) is 103 Å². The van der Waals surface area contributed by atoms with Gasteiger partial charge in [-0.3, -0.25) is 0 Å². The molecule has 2 aromatic heterocycles. The van der Waals surface area contributed by atoms with Crippen molar-refractivity contribution in [3.05, 3.63) is 58.5 Å². The van der Waals surface area contributed by atoms with Crippen molar-refractivity contribution < 1.29 is 14.3 Å². The number of aromatic nitrogens is 2. The van der Waals surface area contributed by atoms with E-state index in [2.05, 4.69) is 43.0 Å². The van der Waals surface area contributed by atoms with E-state index in [1.54, 1.807) is 35.9 Å². The molecule has 3 aromatic rings. The molecule has 0 radical (unpaired) electrons. The van der Waals surface area contributed by atoms with Crippen LogP contribution < -0.4 is 9.47 Å². The molecule has 0 fully saturated rings. The summed E-state index contributed by atoms with van der Waals surface area (Å²) < 4.78 is 11.5. The molecule has 2 heterocycles. The van der Waals surface area contributed by atoms with Crippen LogP contribution in [0.5, 0.6) is 11.5 Å². The van der Waals surface area contributed by atoms with Crippen LogP contribution in [0.4, 0.5) is 0 Å². The zero-order chi connectivity index (χ0) is 27.9. The lowest BCUT2D eigenvalue weighted by Crippen LogP contribution is -2.28. The van der Waals surface area contributed by atoms with Crippen molar-refractivity contribution >= 4 is 25.4 Å². The number of nitrogens with zero attached hydrogens (tertiary/aromatic N) is 2. The summed E-state index contributed by atoms with van der Waals surface area (Å²) in [6.45, 7) is 10.1. The van der Waals surface area contributed by atoms with Gasteiger partial charge in [-0.25, -0.2) is 14.8 Å². The molecule has 5 nitrogen and oxygen atoms in total. The molecule has 39 heavy (non-hydrogen) atoms. The number of hydrogen-bond acceptors (Lipinski definition) is 6. The third-order valence-corrected chi connectivity index (χ3v) is 11.3. The Bertz CT molecular complexity index is 1110. The van der Waals surface area contributed by atoms with Gasteiger partial charge in [-0.2, -0.15) is 0 Å². The van der Waals surface area contributed by atoms with E-state index in [4.69, 9.17) is 9.47 Å². The maximum atomic E-state index is 12.7. The molecule has 0 saturated heterocycles. The van der Waals surface area contributed by atoms with Gasteiger partial charge in [0.05, 0.1) is 27.1 Å². The van der Waals surface area contributed by atoms with Crippen molar-refractivity contribution in [3.8, 4) is 22.9 Å². The molecule has 7 heteroatoms. The highest BCUT2D eigenvalue weighted by Crippen LogP contribution is 2.26. The summed E-state index contributed by atoms with van der Waals surface area (Å²) >= 11 is 1.56. The second-order valence-electron chi connectivity index (χ2n) is 11.2. The Morgan fingerprint density at radius 3 is 2.10 bits per heavy atom. The van der Waals surface area contributed by atoms with Gasteiger partial charge >= 0.3 is 5.97 Å². The smallest absolute Gasteiger partial charge is 0.353 e. The van der Waals surface area contributed by atoms with Gasteiger partial charge in [0.1, 0.15) is 10.6 Å². The topological polar surface area (TPSA) is 61.3 Å². The molecule has 0 aliphatic carbocycles. The molecule has 0 spiro atoms. The monoisotopic (exact) mass is 566 g/mol. The number of thiophene rings is 1. The fourth-order valence-corrected chi connectivity index (χ4v) is 9.28. The highest BCUT2D eigenvalue weighted by molar-refractivity contribution is 7.14. The van der Waals surface area contributed by atoms with Gasteiger partial charge < -0.3 is 9.47 Å². The van der Waals surface area contributed by atoms with E-state index in [0.717, 1.165) is 18.0 Å². The maximum absolute atomic E-state index is 12.7.